The van der Waals surface area contributed by atoms with Crippen molar-refractivity contribution in [2.45, 2.75) is 11.2 Å². The summed E-state index contributed by atoms with van der Waals surface area (Å²) in [5, 5.41) is 11.0. The van der Waals surface area contributed by atoms with Gasteiger partial charge < -0.3 is 33.5 Å². The summed E-state index contributed by atoms with van der Waals surface area (Å²) in [6.45, 7) is 21.7. The zero-order chi connectivity index (χ0) is 41.0. The predicted molar refractivity (Wildman–Crippen MR) is 185 cm³/mol. The highest BCUT2D eigenvalue weighted by Gasteiger charge is 2.72. The van der Waals surface area contributed by atoms with Crippen molar-refractivity contribution >= 4 is 53.0 Å². The molecule has 0 heterocycles. The van der Waals surface area contributed by atoms with Gasteiger partial charge in [-0.1, -0.05) is 59.2 Å². The molecule has 0 spiro atoms. The second-order valence-electron chi connectivity index (χ2n) is 10.5. The molecule has 1 N–H and O–H groups in total. The molecule has 0 atom stereocenters. The molecule has 0 aromatic rings. The van der Waals surface area contributed by atoms with E-state index in [4.69, 9.17) is 28.4 Å². The summed E-state index contributed by atoms with van der Waals surface area (Å²) < 4.78 is 32.1. The van der Waals surface area contributed by atoms with Gasteiger partial charge in [0.2, 0.25) is 11.2 Å². The summed E-state index contributed by atoms with van der Waals surface area (Å²) in [6.07, 6.45) is 4.93. The molecule has 16 heteroatoms. The average Bonchev–Trinajstić information content (AvgIpc) is 3.19. The molecule has 16 nitrogen and oxygen atoms in total. The van der Waals surface area contributed by atoms with Crippen LogP contribution in [0.1, 0.15) is 0 Å². The first kappa shape index (κ1) is 46.6. The van der Waals surface area contributed by atoms with Gasteiger partial charge in [0, 0.05) is 30.4 Å². The number of aliphatic hydroxyl groups excluding tert-OH is 1. The van der Waals surface area contributed by atoms with Crippen molar-refractivity contribution in [2.24, 2.45) is 10.8 Å². The van der Waals surface area contributed by atoms with Crippen LogP contribution in [0, 0.1) is 10.8 Å². The lowest BCUT2D eigenvalue weighted by atomic mass is 9.63. The number of carbonyl (C=O) groups is 9. The van der Waals surface area contributed by atoms with Gasteiger partial charge in [-0.15, -0.1) is 0 Å². The number of rotatable bonds is 28. The van der Waals surface area contributed by atoms with Gasteiger partial charge in [-0.2, -0.15) is 0 Å². The second-order valence-corrected chi connectivity index (χ2v) is 10.5. The molecule has 0 unspecified atom stereocenters. The Balaban J connectivity index is 9.23. The Morgan fingerprint density at radius 3 is 0.774 bits per heavy atom. The average molecular weight is 741 g/mol. The van der Waals surface area contributed by atoms with E-state index in [1.54, 1.807) is 0 Å². The van der Waals surface area contributed by atoms with Crippen LogP contribution < -0.4 is 0 Å². The first-order valence-corrected chi connectivity index (χ1v) is 14.9. The fraction of sp³-hybridized carbons (Fsp3) is 0.270. The Labute approximate surface area is 305 Å². The predicted octanol–water partition coefficient (Wildman–Crippen LogP) is 1.11. The molecule has 0 bridgehead atoms. The lowest BCUT2D eigenvalue weighted by molar-refractivity contribution is -0.253. The lowest BCUT2D eigenvalue weighted by Crippen LogP contribution is -2.75. The maximum Gasteiger partial charge on any atom is 0.330 e. The van der Waals surface area contributed by atoms with E-state index in [1.165, 1.54) is 0 Å². The molecule has 0 rings (SSSR count). The minimum atomic E-state index is -3.61. The topological polar surface area (TPSA) is 229 Å². The molecule has 0 aliphatic heterocycles. The van der Waals surface area contributed by atoms with Gasteiger partial charge in [-0.05, 0) is 24.3 Å². The van der Waals surface area contributed by atoms with E-state index in [0.717, 1.165) is 0 Å². The Hall–Kier alpha value is -6.39. The fourth-order valence-electron chi connectivity index (χ4n) is 4.73. The molecule has 0 radical (unpaired) electrons. The van der Waals surface area contributed by atoms with Crippen LogP contribution >= 0.6 is 0 Å². The smallest absolute Gasteiger partial charge is 0.330 e. The van der Waals surface area contributed by atoms with Crippen molar-refractivity contribution < 1.29 is 76.7 Å². The number of esters is 5. The van der Waals surface area contributed by atoms with E-state index in [0.29, 0.717) is 54.7 Å². The number of ether oxygens (including phenoxy) is 6. The van der Waals surface area contributed by atoms with Gasteiger partial charge in [0.05, 0.1) is 6.61 Å². The SMILES string of the molecule is C=CC(=O)OCC(CO)(COC(=O)C=C)C(OC(C(=O)C=C)(C(=O)C=C)C(COC(=O)C=C)(COC(=O)C=C)COC(=O)C=C)(C(=O)C=C)C(=O)C=C. The summed E-state index contributed by atoms with van der Waals surface area (Å²) in [5.41, 5.74) is -12.9. The Morgan fingerprint density at radius 1 is 0.377 bits per heavy atom. The normalized spacial score (nSPS) is 11.1. The molecule has 0 fully saturated rings. The van der Waals surface area contributed by atoms with E-state index in [1.807, 2.05) is 0 Å². The molecular formula is C37H40O16. The molecule has 284 valence electrons. The van der Waals surface area contributed by atoms with Crippen molar-refractivity contribution in [3.63, 3.8) is 0 Å². The van der Waals surface area contributed by atoms with Crippen LogP contribution in [0.25, 0.3) is 0 Å². The van der Waals surface area contributed by atoms with Crippen molar-refractivity contribution in [1.29, 1.82) is 0 Å². The summed E-state index contributed by atoms with van der Waals surface area (Å²) in [6, 6.07) is 0. The fourth-order valence-corrected chi connectivity index (χ4v) is 4.73. The maximum atomic E-state index is 14.4. The van der Waals surface area contributed by atoms with Gasteiger partial charge in [-0.25, -0.2) is 24.0 Å². The summed E-state index contributed by atoms with van der Waals surface area (Å²) in [5.74, 6) is -12.6. The molecule has 53 heavy (non-hydrogen) atoms. The van der Waals surface area contributed by atoms with Crippen LogP contribution in [-0.4, -0.2) is 109 Å². The van der Waals surface area contributed by atoms with Crippen molar-refractivity contribution in [1.82, 2.24) is 0 Å². The van der Waals surface area contributed by atoms with Crippen LogP contribution in [0.15, 0.2) is 114 Å². The van der Waals surface area contributed by atoms with Crippen LogP contribution in [0.2, 0.25) is 0 Å². The minimum absolute atomic E-state index is 0.437. The number of aliphatic hydroxyl groups is 1. The zero-order valence-corrected chi connectivity index (χ0v) is 28.9. The highest BCUT2D eigenvalue weighted by molar-refractivity contribution is 6.23. The third-order valence-electron chi connectivity index (χ3n) is 7.52. The third-order valence-corrected chi connectivity index (χ3v) is 7.52. The maximum absolute atomic E-state index is 14.4. The van der Waals surface area contributed by atoms with E-state index < -0.39 is 115 Å². The second kappa shape index (κ2) is 21.1. The lowest BCUT2D eigenvalue weighted by Gasteiger charge is -2.53. The van der Waals surface area contributed by atoms with Crippen LogP contribution in [-0.2, 0) is 71.6 Å². The van der Waals surface area contributed by atoms with Crippen LogP contribution in [0.5, 0.6) is 0 Å². The first-order valence-electron chi connectivity index (χ1n) is 14.9. The highest BCUT2D eigenvalue weighted by atomic mass is 16.6. The Bertz CT molecular complexity index is 1470. The van der Waals surface area contributed by atoms with Crippen molar-refractivity contribution in [2.75, 3.05) is 39.6 Å². The van der Waals surface area contributed by atoms with E-state index >= 15 is 0 Å². The summed E-state index contributed by atoms with van der Waals surface area (Å²) >= 11 is 0. The Morgan fingerprint density at radius 2 is 0.585 bits per heavy atom. The van der Waals surface area contributed by atoms with Crippen molar-refractivity contribution in [3.8, 4) is 0 Å². The molecule has 0 amide bonds. The molecule has 0 saturated carbocycles. The largest absolute Gasteiger partial charge is 0.462 e. The molecule has 0 saturated heterocycles. The zero-order valence-electron chi connectivity index (χ0n) is 28.9. The standard InChI is InChI=1S/C37H40O16/c1-10-25(39)36(26(40)11-2,34(19-38,20-48-29(43)14-5)21-49-30(44)15-6)53-37(27(41)12-3,28(42)13-4)35(22-50-31(45)16-7,23-51-32(46)17-8)24-52-33(47)18-9/h10-18,38H,1-9,19-24H2. The molecule has 0 aliphatic rings. The van der Waals surface area contributed by atoms with Gasteiger partial charge >= 0.3 is 29.8 Å². The molecular weight excluding hydrogens is 700 g/mol. The number of ketones is 4. The van der Waals surface area contributed by atoms with E-state index in [9.17, 15) is 48.3 Å². The molecule has 0 aliphatic carbocycles. The first-order chi connectivity index (χ1) is 25.0. The molecule has 0 aromatic heterocycles. The van der Waals surface area contributed by atoms with Gasteiger partial charge in [0.25, 0.3) is 0 Å². The quantitative estimate of drug-likeness (QED) is 0.0513. The molecule has 0 aromatic carbocycles. The Kier molecular flexibility index (Phi) is 18.5. The number of carbonyl (C=O) groups excluding carboxylic acids is 9. The number of hydrogen-bond acceptors (Lipinski definition) is 16. The van der Waals surface area contributed by atoms with Crippen molar-refractivity contribution in [3.05, 3.63) is 114 Å². The summed E-state index contributed by atoms with van der Waals surface area (Å²) in [7, 11) is 0. The summed E-state index contributed by atoms with van der Waals surface area (Å²) in [4.78, 5) is 120. The highest BCUT2D eigenvalue weighted by Crippen LogP contribution is 2.48. The third kappa shape index (κ3) is 10.1. The monoisotopic (exact) mass is 740 g/mol. The van der Waals surface area contributed by atoms with Gasteiger partial charge in [0.1, 0.15) is 43.9 Å². The van der Waals surface area contributed by atoms with E-state index in [2.05, 4.69) is 59.2 Å². The van der Waals surface area contributed by atoms with Crippen LogP contribution in [0.4, 0.5) is 0 Å². The van der Waals surface area contributed by atoms with Crippen LogP contribution in [0.3, 0.4) is 0 Å². The van der Waals surface area contributed by atoms with E-state index in [-0.39, 0.29) is 0 Å². The van der Waals surface area contributed by atoms with Gasteiger partial charge in [0.15, 0.2) is 23.1 Å². The number of hydrogen-bond donors (Lipinski definition) is 1. The van der Waals surface area contributed by atoms with Gasteiger partial charge in [-0.3, -0.25) is 19.2 Å². The minimum Gasteiger partial charge on any atom is -0.462 e.